The highest BCUT2D eigenvalue weighted by Gasteiger charge is 2.35. The van der Waals surface area contributed by atoms with Crippen LogP contribution in [-0.2, 0) is 14.3 Å². The number of ether oxygens (including phenoxy) is 2. The van der Waals surface area contributed by atoms with E-state index in [0.29, 0.717) is 6.61 Å². The lowest BCUT2D eigenvalue weighted by atomic mass is 9.82. The van der Waals surface area contributed by atoms with Gasteiger partial charge in [0.05, 0.1) is 12.7 Å². The van der Waals surface area contributed by atoms with Gasteiger partial charge in [-0.3, -0.25) is 4.79 Å². The molecule has 0 heterocycles. The van der Waals surface area contributed by atoms with Crippen molar-refractivity contribution in [2.75, 3.05) is 13.2 Å². The van der Waals surface area contributed by atoms with Crippen LogP contribution in [-0.4, -0.2) is 48.3 Å². The van der Waals surface area contributed by atoms with Gasteiger partial charge in [-0.2, -0.15) is 0 Å². The van der Waals surface area contributed by atoms with Crippen LogP contribution < -0.4 is 0 Å². The van der Waals surface area contributed by atoms with E-state index >= 15 is 0 Å². The van der Waals surface area contributed by atoms with Crippen molar-refractivity contribution >= 4 is 5.97 Å². The summed E-state index contributed by atoms with van der Waals surface area (Å²) in [7, 11) is 0. The first-order chi connectivity index (χ1) is 14.1. The van der Waals surface area contributed by atoms with E-state index in [4.69, 9.17) is 9.47 Å². The van der Waals surface area contributed by atoms with Crippen LogP contribution >= 0.6 is 0 Å². The summed E-state index contributed by atoms with van der Waals surface area (Å²) in [5.74, 6) is -0.980. The number of rotatable bonds is 16. The summed E-state index contributed by atoms with van der Waals surface area (Å²) >= 11 is 0. The van der Waals surface area contributed by atoms with Crippen LogP contribution in [0.2, 0.25) is 0 Å². The quantitative estimate of drug-likeness (QED) is 0.234. The van der Waals surface area contributed by atoms with E-state index in [-0.39, 0.29) is 0 Å². The topological polar surface area (TPSA) is 55.8 Å². The minimum Gasteiger partial charge on any atom is -0.480 e. The van der Waals surface area contributed by atoms with Gasteiger partial charge < -0.3 is 14.6 Å². The molecule has 4 nitrogen and oxygen atoms in total. The Morgan fingerprint density at radius 3 is 2.03 bits per heavy atom. The Kier molecular flexibility index (Phi) is 11.8. The third-order valence-corrected chi connectivity index (χ3v) is 5.71. The fourth-order valence-electron chi connectivity index (χ4n) is 3.27. The van der Waals surface area contributed by atoms with E-state index in [1.54, 1.807) is 32.9 Å². The van der Waals surface area contributed by atoms with Crippen molar-refractivity contribution in [3.05, 3.63) is 24.3 Å². The Morgan fingerprint density at radius 1 is 0.967 bits per heavy atom. The molecule has 3 atom stereocenters. The summed E-state index contributed by atoms with van der Waals surface area (Å²) in [5, 5.41) is 9.22. The van der Waals surface area contributed by atoms with Crippen LogP contribution in [0.15, 0.2) is 24.3 Å². The van der Waals surface area contributed by atoms with Crippen molar-refractivity contribution in [2.24, 2.45) is 5.41 Å². The molecule has 0 aromatic rings. The van der Waals surface area contributed by atoms with Gasteiger partial charge in [-0.05, 0) is 27.2 Å². The number of carboxylic acids is 1. The maximum Gasteiger partial charge on any atom is 0.317 e. The van der Waals surface area contributed by atoms with Crippen molar-refractivity contribution in [3.63, 3.8) is 0 Å². The van der Waals surface area contributed by atoms with Gasteiger partial charge in [-0.25, -0.2) is 8.78 Å². The van der Waals surface area contributed by atoms with Gasteiger partial charge in [-0.15, -0.1) is 0 Å². The number of alkyl halides is 2. The van der Waals surface area contributed by atoms with Crippen LogP contribution in [0.25, 0.3) is 0 Å². The third-order valence-electron chi connectivity index (χ3n) is 5.71. The molecule has 1 N–H and O–H groups in total. The second-order valence-electron chi connectivity index (χ2n) is 8.76. The Morgan fingerprint density at radius 2 is 1.50 bits per heavy atom. The van der Waals surface area contributed by atoms with Gasteiger partial charge >= 0.3 is 5.97 Å². The van der Waals surface area contributed by atoms with Gasteiger partial charge in [0.15, 0.2) is 12.3 Å². The van der Waals surface area contributed by atoms with Crippen LogP contribution in [0.1, 0.15) is 79.1 Å². The summed E-state index contributed by atoms with van der Waals surface area (Å²) < 4.78 is 39.7. The normalized spacial score (nSPS) is 26.5. The molecule has 0 fully saturated rings. The number of carboxylic acid groups (broad SMARTS) is 1. The average Bonchev–Trinajstić information content (AvgIpc) is 2.72. The summed E-state index contributed by atoms with van der Waals surface area (Å²) in [5.41, 5.74) is -2.07. The van der Waals surface area contributed by atoms with Crippen molar-refractivity contribution in [1.29, 1.82) is 0 Å². The minimum atomic E-state index is -1.81. The van der Waals surface area contributed by atoms with Gasteiger partial charge in [0.2, 0.25) is 0 Å². The number of carbonyl (C=O) groups is 1. The number of unbranched alkanes of at least 4 members (excludes halogenated alkanes) is 7. The van der Waals surface area contributed by atoms with Gasteiger partial charge in [-0.1, -0.05) is 76.2 Å². The standard InChI is InChI=1S/C24H40F2O4/c1-5-6-7-8-9-10-11-12-17-29-19(2)21(26)20(25)18-30-24(4)15-13-23(3,14-16-24)22(27)28/h13-16,19-21H,5-12,17-18H2,1-4H3,(H,27,28)/t19?,20-,21-,23?,24?/m1/s1. The first kappa shape index (κ1) is 26.8. The molecule has 0 saturated carbocycles. The molecule has 1 unspecified atom stereocenters. The lowest BCUT2D eigenvalue weighted by Gasteiger charge is -2.31. The lowest BCUT2D eigenvalue weighted by Crippen LogP contribution is -2.38. The monoisotopic (exact) mass is 430 g/mol. The molecule has 0 spiro atoms. The fraction of sp³-hybridized carbons (Fsp3) is 0.792. The molecule has 1 aliphatic rings. The van der Waals surface area contributed by atoms with Gasteiger partial charge in [0.25, 0.3) is 0 Å². The Hall–Kier alpha value is -1.27. The molecule has 0 bridgehead atoms. The first-order valence-corrected chi connectivity index (χ1v) is 11.3. The SMILES string of the molecule is CCCCCCCCCCOC(C)[C@@H](F)[C@H](F)COC1(C)C=CC(C)(C(=O)O)C=C1. The number of aliphatic carboxylic acids is 1. The Labute approximate surface area is 180 Å². The number of hydrogen-bond acceptors (Lipinski definition) is 3. The molecule has 0 amide bonds. The zero-order valence-corrected chi connectivity index (χ0v) is 19.0. The maximum atomic E-state index is 14.4. The highest BCUT2D eigenvalue weighted by molar-refractivity contribution is 5.79. The fourth-order valence-corrected chi connectivity index (χ4v) is 3.27. The molecule has 0 radical (unpaired) electrons. The Bertz CT molecular complexity index is 547. The van der Waals surface area contributed by atoms with E-state index in [2.05, 4.69) is 6.92 Å². The lowest BCUT2D eigenvalue weighted by molar-refractivity contribution is -0.143. The van der Waals surface area contributed by atoms with Crippen LogP contribution in [0.4, 0.5) is 8.78 Å². The van der Waals surface area contributed by atoms with Crippen molar-refractivity contribution in [1.82, 2.24) is 0 Å². The molecule has 30 heavy (non-hydrogen) atoms. The molecule has 0 aliphatic heterocycles. The van der Waals surface area contributed by atoms with Gasteiger partial charge in [0, 0.05) is 6.61 Å². The van der Waals surface area contributed by atoms with Crippen LogP contribution in [0.5, 0.6) is 0 Å². The molecule has 6 heteroatoms. The Balaban J connectivity index is 2.25. The second kappa shape index (κ2) is 13.2. The molecular weight excluding hydrogens is 390 g/mol. The summed E-state index contributed by atoms with van der Waals surface area (Å²) in [4.78, 5) is 11.2. The predicted octanol–water partition coefficient (Wildman–Crippen LogP) is 6.20. The van der Waals surface area contributed by atoms with Crippen molar-refractivity contribution in [2.45, 2.75) is 103 Å². The van der Waals surface area contributed by atoms with E-state index in [0.717, 1.165) is 19.3 Å². The summed E-state index contributed by atoms with van der Waals surface area (Å²) in [6.45, 7) is 6.99. The molecule has 0 aromatic heterocycles. The highest BCUT2D eigenvalue weighted by Crippen LogP contribution is 2.31. The molecule has 174 valence electrons. The van der Waals surface area contributed by atoms with E-state index in [9.17, 15) is 18.7 Å². The van der Waals surface area contributed by atoms with Crippen molar-refractivity contribution < 1.29 is 28.2 Å². The smallest absolute Gasteiger partial charge is 0.317 e. The predicted molar refractivity (Wildman–Crippen MR) is 116 cm³/mol. The maximum absolute atomic E-state index is 14.4. The van der Waals surface area contributed by atoms with Crippen LogP contribution in [0, 0.1) is 5.41 Å². The van der Waals surface area contributed by atoms with E-state index < -0.39 is 42.0 Å². The third kappa shape index (κ3) is 9.25. The molecule has 0 saturated heterocycles. The molecule has 0 aromatic carbocycles. The van der Waals surface area contributed by atoms with Crippen molar-refractivity contribution in [3.8, 4) is 0 Å². The zero-order chi connectivity index (χ0) is 22.6. The molecule has 1 rings (SSSR count). The zero-order valence-electron chi connectivity index (χ0n) is 19.0. The molecular formula is C24H40F2O4. The highest BCUT2D eigenvalue weighted by atomic mass is 19.2. The summed E-state index contributed by atoms with van der Waals surface area (Å²) in [6.07, 6.45) is 11.1. The largest absolute Gasteiger partial charge is 0.480 e. The average molecular weight is 431 g/mol. The number of halogens is 2. The summed E-state index contributed by atoms with van der Waals surface area (Å²) in [6, 6.07) is 0. The first-order valence-electron chi connectivity index (χ1n) is 11.3. The van der Waals surface area contributed by atoms with E-state index in [1.165, 1.54) is 44.3 Å². The van der Waals surface area contributed by atoms with Gasteiger partial charge in [0.1, 0.15) is 11.0 Å². The van der Waals surface area contributed by atoms with Crippen LogP contribution in [0.3, 0.4) is 0 Å². The number of hydrogen-bond donors (Lipinski definition) is 1. The van der Waals surface area contributed by atoms with E-state index in [1.807, 2.05) is 0 Å². The minimum absolute atomic E-state index is 0.429. The second-order valence-corrected chi connectivity index (χ2v) is 8.76. The molecule has 1 aliphatic carbocycles.